The number of primary amides is 1. The van der Waals surface area contributed by atoms with Gasteiger partial charge in [-0.15, -0.1) is 11.3 Å². The molecule has 0 saturated carbocycles. The van der Waals surface area contributed by atoms with Crippen LogP contribution in [-0.2, 0) is 30.6 Å². The smallest absolute Gasteiger partial charge is 0.243 e. The second-order valence-electron chi connectivity index (χ2n) is 8.79. The number of carbonyl (C=O) groups is 3. The molecular weight excluding hydrogens is 450 g/mol. The van der Waals surface area contributed by atoms with Crippen LogP contribution >= 0.6 is 11.3 Å². The van der Waals surface area contributed by atoms with Crippen LogP contribution in [-0.4, -0.2) is 47.0 Å². The van der Waals surface area contributed by atoms with Gasteiger partial charge in [0.2, 0.25) is 11.8 Å². The average Bonchev–Trinajstić information content (AvgIpc) is 3.20. The van der Waals surface area contributed by atoms with Crippen LogP contribution in [0.1, 0.15) is 46.1 Å². The Balaban J connectivity index is 2.27. The van der Waals surface area contributed by atoms with Gasteiger partial charge in [0.1, 0.15) is 22.9 Å². The molecule has 2 aromatic rings. The Hall–Kier alpha value is -2.59. The highest BCUT2D eigenvalue weighted by atomic mass is 32.2. The molecule has 32 heavy (non-hydrogen) atoms. The van der Waals surface area contributed by atoms with Crippen molar-refractivity contribution in [2.24, 2.45) is 5.73 Å². The Morgan fingerprint density at radius 3 is 2.19 bits per heavy atom. The van der Waals surface area contributed by atoms with Crippen molar-refractivity contribution in [1.82, 2.24) is 4.98 Å². The maximum Gasteiger partial charge on any atom is 0.243 e. The highest BCUT2D eigenvalue weighted by Crippen LogP contribution is 2.29. The number of hydrogen-bond donors (Lipinski definition) is 1. The van der Waals surface area contributed by atoms with Crippen LogP contribution in [0.5, 0.6) is 0 Å². The average molecular weight is 480 g/mol. The van der Waals surface area contributed by atoms with E-state index in [2.05, 4.69) is 4.98 Å². The van der Waals surface area contributed by atoms with Gasteiger partial charge < -0.3 is 5.73 Å². The number of anilines is 1. The molecule has 0 spiro atoms. The van der Waals surface area contributed by atoms with E-state index in [1.807, 2.05) is 30.3 Å². The number of ketones is 1. The van der Waals surface area contributed by atoms with Crippen molar-refractivity contribution >= 4 is 44.6 Å². The number of benzene rings is 1. The van der Waals surface area contributed by atoms with E-state index in [9.17, 15) is 22.8 Å². The Morgan fingerprint density at radius 1 is 1.06 bits per heavy atom. The van der Waals surface area contributed by atoms with E-state index in [0.717, 1.165) is 5.56 Å². The quantitative estimate of drug-likeness (QED) is 0.558. The summed E-state index contributed by atoms with van der Waals surface area (Å²) in [5, 5.41) is 1.62. The number of nitrogens with zero attached hydrogens (tertiary/aromatic N) is 2. The predicted molar refractivity (Wildman–Crippen MR) is 125 cm³/mol. The second-order valence-corrected chi connectivity index (χ2v) is 12.2. The van der Waals surface area contributed by atoms with Crippen molar-refractivity contribution < 1.29 is 22.8 Å². The summed E-state index contributed by atoms with van der Waals surface area (Å²) >= 11 is 1.25. The topological polar surface area (TPSA) is 128 Å². The molecule has 8 nitrogen and oxygen atoms in total. The van der Waals surface area contributed by atoms with Crippen LogP contribution < -0.4 is 10.6 Å². The second kappa shape index (κ2) is 9.91. The molecule has 174 valence electrons. The highest BCUT2D eigenvalue weighted by molar-refractivity contribution is 7.93. The molecule has 0 aliphatic heterocycles. The molecule has 2 amide bonds. The van der Waals surface area contributed by atoms with Gasteiger partial charge in [-0.1, -0.05) is 30.3 Å². The maximum atomic E-state index is 13.2. The van der Waals surface area contributed by atoms with Gasteiger partial charge in [0.15, 0.2) is 9.84 Å². The molecule has 0 aliphatic rings. The van der Waals surface area contributed by atoms with Crippen molar-refractivity contribution in [3.8, 4) is 0 Å². The third kappa shape index (κ3) is 6.01. The van der Waals surface area contributed by atoms with Gasteiger partial charge in [-0.2, -0.15) is 0 Å². The van der Waals surface area contributed by atoms with E-state index in [1.165, 1.54) is 42.5 Å². The standard InChI is InChI=1S/C22H29N3O5S2/c1-21(2,3)32(29,30)14-17(26)10-11-19(27)25(18-13-31-15-24-18)22(4,20(23)28)12-16-8-6-5-7-9-16/h5-9,13,15H,10-12,14H2,1-4H3,(H2,23,28)/t22-/m1/s1. The fourth-order valence-corrected chi connectivity index (χ4v) is 4.62. The van der Waals surface area contributed by atoms with Crippen LogP contribution in [0.4, 0.5) is 5.82 Å². The molecule has 1 atom stereocenters. The fourth-order valence-electron chi connectivity index (χ4n) is 3.10. The molecule has 10 heteroatoms. The molecule has 1 heterocycles. The molecule has 1 aromatic heterocycles. The van der Waals surface area contributed by atoms with Crippen LogP contribution in [0.3, 0.4) is 0 Å². The Labute approximate surface area is 192 Å². The number of amides is 2. The van der Waals surface area contributed by atoms with Gasteiger partial charge in [-0.25, -0.2) is 13.4 Å². The van der Waals surface area contributed by atoms with Crippen LogP contribution in [0.15, 0.2) is 41.2 Å². The first-order valence-electron chi connectivity index (χ1n) is 10.1. The van der Waals surface area contributed by atoms with E-state index in [4.69, 9.17) is 5.73 Å². The first-order valence-corrected chi connectivity index (χ1v) is 12.7. The largest absolute Gasteiger partial charge is 0.368 e. The molecule has 0 saturated heterocycles. The van der Waals surface area contributed by atoms with Crippen LogP contribution in [0.25, 0.3) is 0 Å². The minimum absolute atomic E-state index is 0.152. The highest BCUT2D eigenvalue weighted by Gasteiger charge is 2.43. The number of hydrogen-bond acceptors (Lipinski definition) is 7. The number of carbonyl (C=O) groups excluding carboxylic acids is 3. The lowest BCUT2D eigenvalue weighted by atomic mass is 9.89. The van der Waals surface area contributed by atoms with E-state index in [1.54, 1.807) is 12.3 Å². The zero-order chi connectivity index (χ0) is 24.2. The summed E-state index contributed by atoms with van der Waals surface area (Å²) in [4.78, 5) is 43.5. The minimum Gasteiger partial charge on any atom is -0.368 e. The number of thiazole rings is 1. The lowest BCUT2D eigenvalue weighted by molar-refractivity contribution is -0.128. The third-order valence-corrected chi connectivity index (χ3v) is 8.36. The minimum atomic E-state index is -3.65. The van der Waals surface area contributed by atoms with Crippen LogP contribution in [0.2, 0.25) is 0 Å². The van der Waals surface area contributed by atoms with Gasteiger partial charge in [-0.05, 0) is 33.3 Å². The summed E-state index contributed by atoms with van der Waals surface area (Å²) in [6.07, 6.45) is -0.387. The molecule has 0 unspecified atom stereocenters. The molecular formula is C22H29N3O5S2. The van der Waals surface area contributed by atoms with Crippen molar-refractivity contribution in [1.29, 1.82) is 0 Å². The monoisotopic (exact) mass is 479 g/mol. The molecule has 1 aromatic carbocycles. The van der Waals surface area contributed by atoms with Gasteiger partial charge in [-0.3, -0.25) is 19.3 Å². The number of nitrogens with two attached hydrogens (primary N) is 1. The zero-order valence-corrected chi connectivity index (χ0v) is 20.3. The molecule has 0 bridgehead atoms. The van der Waals surface area contributed by atoms with E-state index >= 15 is 0 Å². The fraction of sp³-hybridized carbons (Fsp3) is 0.455. The first-order chi connectivity index (χ1) is 14.8. The molecule has 0 aliphatic carbocycles. The van der Waals surface area contributed by atoms with Crippen molar-refractivity contribution in [2.75, 3.05) is 10.7 Å². The normalized spacial score (nSPS) is 13.9. The Bertz CT molecular complexity index is 1060. The summed E-state index contributed by atoms with van der Waals surface area (Å²) in [5.41, 5.74) is 6.64. The summed E-state index contributed by atoms with van der Waals surface area (Å²) in [6, 6.07) is 9.13. The van der Waals surface area contributed by atoms with E-state index in [0.29, 0.717) is 0 Å². The zero-order valence-electron chi connectivity index (χ0n) is 18.7. The van der Waals surface area contributed by atoms with Crippen molar-refractivity contribution in [3.63, 3.8) is 0 Å². The molecule has 0 fully saturated rings. The number of sulfone groups is 1. The summed E-state index contributed by atoms with van der Waals surface area (Å²) in [5.74, 6) is -2.20. The van der Waals surface area contributed by atoms with E-state index in [-0.39, 0.29) is 25.1 Å². The number of Topliss-reactive ketones (excluding diaryl/α,β-unsaturated/α-hetero) is 1. The number of rotatable bonds is 10. The first kappa shape index (κ1) is 25.7. The molecule has 2 N–H and O–H groups in total. The molecule has 2 rings (SSSR count). The molecule has 0 radical (unpaired) electrons. The third-order valence-electron chi connectivity index (χ3n) is 5.22. The Morgan fingerprint density at radius 2 is 1.69 bits per heavy atom. The summed E-state index contributed by atoms with van der Waals surface area (Å²) < 4.78 is 23.5. The van der Waals surface area contributed by atoms with Gasteiger partial charge in [0.05, 0.1) is 10.3 Å². The lowest BCUT2D eigenvalue weighted by Crippen LogP contribution is -2.59. The summed E-state index contributed by atoms with van der Waals surface area (Å²) in [6.45, 7) is 6.12. The van der Waals surface area contributed by atoms with Crippen molar-refractivity contribution in [2.45, 2.75) is 57.2 Å². The maximum absolute atomic E-state index is 13.2. The van der Waals surface area contributed by atoms with Gasteiger partial charge in [0, 0.05) is 24.6 Å². The SMILES string of the molecule is CC(C)(C)S(=O)(=O)CC(=O)CCC(=O)N(c1cscn1)[C@](C)(Cc1ccccc1)C(N)=O. The van der Waals surface area contributed by atoms with Gasteiger partial charge in [0.25, 0.3) is 0 Å². The summed E-state index contributed by atoms with van der Waals surface area (Å²) in [7, 11) is -3.65. The lowest BCUT2D eigenvalue weighted by Gasteiger charge is -2.38. The van der Waals surface area contributed by atoms with E-state index < -0.39 is 43.5 Å². The predicted octanol–water partition coefficient (Wildman–Crippen LogP) is 2.53. The Kier molecular flexibility index (Phi) is 7.95. The van der Waals surface area contributed by atoms with Crippen LogP contribution in [0, 0.1) is 0 Å². The van der Waals surface area contributed by atoms with Crippen molar-refractivity contribution in [3.05, 3.63) is 46.8 Å². The van der Waals surface area contributed by atoms with Gasteiger partial charge >= 0.3 is 0 Å². The number of aromatic nitrogens is 1.